The number of aliphatic hydroxyl groups excluding tert-OH is 1. The number of rotatable bonds is 6. The monoisotopic (exact) mass is 384 g/mol. The lowest BCUT2D eigenvalue weighted by Gasteiger charge is -2.25. The van der Waals surface area contributed by atoms with Crippen LogP contribution in [0.25, 0.3) is 5.76 Å². The summed E-state index contributed by atoms with van der Waals surface area (Å²) in [4.78, 5) is 31.0. The standard InChI is InChI=1S/C21H21ClN2O3/c1-2-3-4-12-24-18(14-8-10-23-11-9-14)17(20(26)21(24)27)19(25)15-6-5-7-16(22)13-15/h5-11,13,18,25H,2-4,12H2,1H3/b19-17-. The zero-order valence-corrected chi connectivity index (χ0v) is 15.8. The molecule has 3 rings (SSSR count). The number of aromatic nitrogens is 1. The number of ketones is 1. The highest BCUT2D eigenvalue weighted by molar-refractivity contribution is 6.46. The number of carbonyl (C=O) groups excluding carboxylic acids is 2. The van der Waals surface area contributed by atoms with Crippen LogP contribution >= 0.6 is 11.6 Å². The molecule has 1 N–H and O–H groups in total. The van der Waals surface area contributed by atoms with Gasteiger partial charge in [-0.1, -0.05) is 43.5 Å². The van der Waals surface area contributed by atoms with Crippen molar-refractivity contribution in [2.45, 2.75) is 32.2 Å². The predicted molar refractivity (Wildman–Crippen MR) is 104 cm³/mol. The molecule has 140 valence electrons. The van der Waals surface area contributed by atoms with Gasteiger partial charge in [0, 0.05) is 29.5 Å². The van der Waals surface area contributed by atoms with Crippen LogP contribution in [0.1, 0.15) is 43.4 Å². The second-order valence-corrected chi connectivity index (χ2v) is 6.93. The van der Waals surface area contributed by atoms with Crippen LogP contribution in [0.4, 0.5) is 0 Å². The maximum Gasteiger partial charge on any atom is 0.295 e. The van der Waals surface area contributed by atoms with E-state index in [1.54, 1.807) is 53.7 Å². The quantitative estimate of drug-likeness (QED) is 0.348. The van der Waals surface area contributed by atoms with Crippen molar-refractivity contribution in [2.24, 2.45) is 0 Å². The molecule has 2 aromatic rings. The summed E-state index contributed by atoms with van der Waals surface area (Å²) in [5.74, 6) is -1.47. The van der Waals surface area contributed by atoms with Gasteiger partial charge in [0.1, 0.15) is 5.76 Å². The molecule has 1 fully saturated rings. The Hall–Kier alpha value is -2.66. The molecule has 27 heavy (non-hydrogen) atoms. The highest BCUT2D eigenvalue weighted by atomic mass is 35.5. The first-order chi connectivity index (χ1) is 13.0. The number of halogens is 1. The Balaban J connectivity index is 2.11. The molecule has 1 aromatic carbocycles. The fraction of sp³-hybridized carbons (Fsp3) is 0.286. The van der Waals surface area contributed by atoms with Crippen LogP contribution in [0, 0.1) is 0 Å². The molecule has 0 bridgehead atoms. The Kier molecular flexibility index (Phi) is 5.91. The van der Waals surface area contributed by atoms with E-state index in [1.165, 1.54) is 0 Å². The average molecular weight is 385 g/mol. The molecule has 1 unspecified atom stereocenters. The van der Waals surface area contributed by atoms with E-state index in [-0.39, 0.29) is 11.3 Å². The van der Waals surface area contributed by atoms with Gasteiger partial charge in [0.2, 0.25) is 0 Å². The first-order valence-corrected chi connectivity index (χ1v) is 9.36. The number of likely N-dealkylation sites (tertiary alicyclic amines) is 1. The van der Waals surface area contributed by atoms with Gasteiger partial charge in [-0.2, -0.15) is 0 Å². The zero-order chi connectivity index (χ0) is 19.4. The molecule has 1 amide bonds. The van der Waals surface area contributed by atoms with Crippen molar-refractivity contribution in [1.82, 2.24) is 9.88 Å². The van der Waals surface area contributed by atoms with Crippen LogP contribution in [0.15, 0.2) is 54.4 Å². The first-order valence-electron chi connectivity index (χ1n) is 8.99. The van der Waals surface area contributed by atoms with Gasteiger partial charge in [-0.3, -0.25) is 14.6 Å². The lowest BCUT2D eigenvalue weighted by atomic mass is 9.96. The van der Waals surface area contributed by atoms with E-state index in [4.69, 9.17) is 11.6 Å². The molecule has 0 saturated carbocycles. The molecule has 6 heteroatoms. The molecule has 1 atom stereocenters. The van der Waals surface area contributed by atoms with E-state index >= 15 is 0 Å². The molecule has 5 nitrogen and oxygen atoms in total. The van der Waals surface area contributed by atoms with E-state index in [0.29, 0.717) is 17.1 Å². The fourth-order valence-corrected chi connectivity index (χ4v) is 3.52. The van der Waals surface area contributed by atoms with E-state index in [2.05, 4.69) is 11.9 Å². The summed E-state index contributed by atoms with van der Waals surface area (Å²) >= 11 is 6.02. The molecule has 1 saturated heterocycles. The largest absolute Gasteiger partial charge is 0.507 e. The van der Waals surface area contributed by atoms with Gasteiger partial charge in [-0.15, -0.1) is 0 Å². The number of pyridine rings is 1. The Morgan fingerprint density at radius 3 is 2.59 bits per heavy atom. The third-order valence-electron chi connectivity index (χ3n) is 4.66. The van der Waals surface area contributed by atoms with Crippen LogP contribution in [-0.2, 0) is 9.59 Å². The Morgan fingerprint density at radius 1 is 1.19 bits per heavy atom. The minimum absolute atomic E-state index is 0.0879. The number of hydrogen-bond donors (Lipinski definition) is 1. The van der Waals surface area contributed by atoms with Gasteiger partial charge in [-0.25, -0.2) is 0 Å². The smallest absolute Gasteiger partial charge is 0.295 e. The van der Waals surface area contributed by atoms with Crippen LogP contribution < -0.4 is 0 Å². The highest BCUT2D eigenvalue weighted by Crippen LogP contribution is 2.39. The second-order valence-electron chi connectivity index (χ2n) is 6.49. The maximum absolute atomic E-state index is 12.8. The molecule has 1 aliphatic rings. The molecule has 0 radical (unpaired) electrons. The number of aliphatic hydroxyl groups is 1. The van der Waals surface area contributed by atoms with Crippen molar-refractivity contribution < 1.29 is 14.7 Å². The van der Waals surface area contributed by atoms with Crippen LogP contribution in [-0.4, -0.2) is 33.2 Å². The van der Waals surface area contributed by atoms with E-state index in [0.717, 1.165) is 24.8 Å². The topological polar surface area (TPSA) is 70.5 Å². The van der Waals surface area contributed by atoms with Crippen LogP contribution in [0.5, 0.6) is 0 Å². The lowest BCUT2D eigenvalue weighted by Crippen LogP contribution is -2.30. The lowest BCUT2D eigenvalue weighted by molar-refractivity contribution is -0.139. The van der Waals surface area contributed by atoms with E-state index in [1.807, 2.05) is 0 Å². The Bertz CT molecular complexity index is 880. The number of hydrogen-bond acceptors (Lipinski definition) is 4. The van der Waals surface area contributed by atoms with Crippen molar-refractivity contribution in [3.05, 3.63) is 70.5 Å². The Morgan fingerprint density at radius 2 is 1.93 bits per heavy atom. The van der Waals surface area contributed by atoms with Crippen LogP contribution in [0.3, 0.4) is 0 Å². The van der Waals surface area contributed by atoms with Crippen LogP contribution in [0.2, 0.25) is 5.02 Å². The van der Waals surface area contributed by atoms with Gasteiger partial charge < -0.3 is 10.0 Å². The molecule has 1 aliphatic heterocycles. The molecule has 1 aromatic heterocycles. The van der Waals surface area contributed by atoms with Gasteiger partial charge in [0.05, 0.1) is 11.6 Å². The number of amides is 1. The third-order valence-corrected chi connectivity index (χ3v) is 4.90. The fourth-order valence-electron chi connectivity index (χ4n) is 3.33. The van der Waals surface area contributed by atoms with Gasteiger partial charge in [0.15, 0.2) is 0 Å². The number of nitrogens with zero attached hydrogens (tertiary/aromatic N) is 2. The molecular weight excluding hydrogens is 364 g/mol. The second kappa shape index (κ2) is 8.35. The average Bonchev–Trinajstić information content (AvgIpc) is 2.93. The highest BCUT2D eigenvalue weighted by Gasteiger charge is 2.45. The first kappa shape index (κ1) is 19.1. The molecule has 2 heterocycles. The van der Waals surface area contributed by atoms with E-state index < -0.39 is 17.7 Å². The molecule has 0 aliphatic carbocycles. The van der Waals surface area contributed by atoms with Crippen molar-refractivity contribution in [3.63, 3.8) is 0 Å². The van der Waals surface area contributed by atoms with Crippen molar-refractivity contribution in [3.8, 4) is 0 Å². The van der Waals surface area contributed by atoms with Gasteiger partial charge >= 0.3 is 0 Å². The third kappa shape index (κ3) is 3.88. The van der Waals surface area contributed by atoms with Crippen molar-refractivity contribution in [1.29, 1.82) is 0 Å². The summed E-state index contributed by atoms with van der Waals surface area (Å²) < 4.78 is 0. The number of Topliss-reactive ketones (excluding diaryl/α,β-unsaturated/α-hetero) is 1. The van der Waals surface area contributed by atoms with Crippen molar-refractivity contribution in [2.75, 3.05) is 6.54 Å². The number of unbranched alkanes of at least 4 members (excludes halogenated alkanes) is 2. The molecular formula is C21H21ClN2O3. The zero-order valence-electron chi connectivity index (χ0n) is 15.1. The summed E-state index contributed by atoms with van der Waals surface area (Å²) in [7, 11) is 0. The summed E-state index contributed by atoms with van der Waals surface area (Å²) in [6, 6.07) is 9.49. The summed E-state index contributed by atoms with van der Waals surface area (Å²) in [5.41, 5.74) is 1.24. The number of carbonyl (C=O) groups is 2. The SMILES string of the molecule is CCCCCN1C(=O)C(=O)/C(=C(\O)c2cccc(Cl)c2)C1c1ccncc1. The maximum atomic E-state index is 12.8. The molecule has 0 spiro atoms. The Labute approximate surface area is 163 Å². The summed E-state index contributed by atoms with van der Waals surface area (Å²) in [5, 5.41) is 11.3. The van der Waals surface area contributed by atoms with E-state index in [9.17, 15) is 14.7 Å². The summed E-state index contributed by atoms with van der Waals surface area (Å²) in [6.45, 7) is 2.53. The summed E-state index contributed by atoms with van der Waals surface area (Å²) in [6.07, 6.45) is 5.98. The van der Waals surface area contributed by atoms with Gasteiger partial charge in [-0.05, 0) is 36.2 Å². The van der Waals surface area contributed by atoms with Gasteiger partial charge in [0.25, 0.3) is 11.7 Å². The predicted octanol–water partition coefficient (Wildman–Crippen LogP) is 4.35. The van der Waals surface area contributed by atoms with Crippen molar-refractivity contribution >= 4 is 29.1 Å². The minimum Gasteiger partial charge on any atom is -0.507 e. The number of benzene rings is 1. The minimum atomic E-state index is -0.675. The normalized spacial score (nSPS) is 18.9.